The number of carbonyl (C=O) groups is 1. The molecule has 0 aliphatic rings. The van der Waals surface area contributed by atoms with Gasteiger partial charge in [0.2, 0.25) is 5.89 Å². The number of hydrogen-bond acceptors (Lipinski definition) is 5. The maximum Gasteiger partial charge on any atom is 0.377 e. The van der Waals surface area contributed by atoms with Crippen molar-refractivity contribution >= 4 is 5.97 Å². The Kier molecular flexibility index (Phi) is 3.46. The van der Waals surface area contributed by atoms with E-state index in [4.69, 9.17) is 9.63 Å². The molecule has 0 saturated carbocycles. The van der Waals surface area contributed by atoms with E-state index in [1.165, 1.54) is 0 Å². The number of nitrogens with zero attached hydrogens (tertiary/aromatic N) is 2. The van der Waals surface area contributed by atoms with Crippen LogP contribution in [-0.2, 0) is 13.1 Å². The zero-order valence-corrected chi connectivity index (χ0v) is 8.96. The molecule has 0 saturated heterocycles. The van der Waals surface area contributed by atoms with Crippen LogP contribution in [0.1, 0.15) is 22.1 Å². The number of hydrogen-bond donors (Lipinski definition) is 2. The van der Waals surface area contributed by atoms with Crippen LogP contribution in [0.3, 0.4) is 0 Å². The summed E-state index contributed by atoms with van der Waals surface area (Å²) in [5, 5.41) is 15.0. The first-order valence-corrected chi connectivity index (χ1v) is 5.06. The molecule has 6 nitrogen and oxygen atoms in total. The van der Waals surface area contributed by atoms with Gasteiger partial charge in [-0.05, 0) is 10.7 Å². The van der Waals surface area contributed by atoms with Crippen molar-refractivity contribution in [2.24, 2.45) is 0 Å². The fraction of sp³-hybridized carbons (Fsp3) is 0.182. The lowest BCUT2D eigenvalue weighted by Crippen LogP contribution is -2.13. The normalized spacial score (nSPS) is 10.4. The summed E-state index contributed by atoms with van der Waals surface area (Å²) >= 11 is 0. The van der Waals surface area contributed by atoms with Gasteiger partial charge in [0, 0.05) is 6.54 Å². The predicted molar refractivity (Wildman–Crippen MR) is 58.2 cm³/mol. The molecule has 0 unspecified atom stereocenters. The molecule has 0 fully saturated rings. The van der Waals surface area contributed by atoms with Crippen LogP contribution in [0.2, 0.25) is 0 Å². The Balaban J connectivity index is 1.84. The van der Waals surface area contributed by atoms with Crippen molar-refractivity contribution in [2.45, 2.75) is 13.1 Å². The van der Waals surface area contributed by atoms with Gasteiger partial charge in [-0.3, -0.25) is 0 Å². The maximum atomic E-state index is 10.5. The summed E-state index contributed by atoms with van der Waals surface area (Å²) in [6, 6.07) is 9.83. The zero-order chi connectivity index (χ0) is 12.1. The standard InChI is InChI=1S/C11H11N3O3/c15-11(16)10-13-9(17-14-10)7-12-6-8-4-2-1-3-5-8/h1-5,12H,6-7H2,(H,15,16). The summed E-state index contributed by atoms with van der Waals surface area (Å²) in [6.45, 7) is 1.00. The van der Waals surface area contributed by atoms with Crippen molar-refractivity contribution < 1.29 is 14.4 Å². The Bertz CT molecular complexity index is 496. The second-order valence-electron chi connectivity index (χ2n) is 3.41. The summed E-state index contributed by atoms with van der Waals surface area (Å²) in [7, 11) is 0. The summed E-state index contributed by atoms with van der Waals surface area (Å²) in [5.74, 6) is -1.25. The fourth-order valence-electron chi connectivity index (χ4n) is 1.32. The Morgan fingerprint density at radius 1 is 1.29 bits per heavy atom. The van der Waals surface area contributed by atoms with E-state index >= 15 is 0 Å². The smallest absolute Gasteiger partial charge is 0.377 e. The minimum atomic E-state index is -1.19. The topological polar surface area (TPSA) is 88.2 Å². The van der Waals surface area contributed by atoms with Crippen LogP contribution >= 0.6 is 0 Å². The van der Waals surface area contributed by atoms with E-state index in [-0.39, 0.29) is 11.7 Å². The third kappa shape index (κ3) is 3.12. The molecule has 17 heavy (non-hydrogen) atoms. The minimum Gasteiger partial charge on any atom is -0.475 e. The lowest BCUT2D eigenvalue weighted by atomic mass is 10.2. The van der Waals surface area contributed by atoms with Crippen molar-refractivity contribution in [3.05, 3.63) is 47.6 Å². The first-order valence-electron chi connectivity index (χ1n) is 5.06. The van der Waals surface area contributed by atoms with Crippen molar-refractivity contribution in [1.29, 1.82) is 0 Å². The van der Waals surface area contributed by atoms with E-state index in [1.807, 2.05) is 30.3 Å². The van der Waals surface area contributed by atoms with Gasteiger partial charge in [0.15, 0.2) is 0 Å². The van der Waals surface area contributed by atoms with Crippen molar-refractivity contribution in [1.82, 2.24) is 15.5 Å². The molecule has 88 valence electrons. The molecule has 1 aromatic heterocycles. The summed E-state index contributed by atoms with van der Waals surface area (Å²) in [4.78, 5) is 14.2. The van der Waals surface area contributed by atoms with Crippen molar-refractivity contribution in [3.8, 4) is 0 Å². The average molecular weight is 233 g/mol. The summed E-state index contributed by atoms with van der Waals surface area (Å²) in [6.07, 6.45) is 0. The van der Waals surface area contributed by atoms with E-state index in [2.05, 4.69) is 15.5 Å². The summed E-state index contributed by atoms with van der Waals surface area (Å²) in [5.41, 5.74) is 1.13. The molecule has 1 heterocycles. The highest BCUT2D eigenvalue weighted by molar-refractivity contribution is 5.82. The van der Waals surface area contributed by atoms with Gasteiger partial charge in [0.05, 0.1) is 6.54 Å². The second-order valence-corrected chi connectivity index (χ2v) is 3.41. The molecule has 2 rings (SSSR count). The first kappa shape index (κ1) is 11.3. The van der Waals surface area contributed by atoms with Gasteiger partial charge in [-0.2, -0.15) is 4.98 Å². The van der Waals surface area contributed by atoms with Crippen LogP contribution in [0.5, 0.6) is 0 Å². The van der Waals surface area contributed by atoms with Gasteiger partial charge in [-0.25, -0.2) is 4.79 Å². The predicted octanol–water partition coefficient (Wildman–Crippen LogP) is 1.06. The maximum absolute atomic E-state index is 10.5. The average Bonchev–Trinajstić information content (AvgIpc) is 2.79. The molecular weight excluding hydrogens is 222 g/mol. The van der Waals surface area contributed by atoms with Crippen LogP contribution in [0.4, 0.5) is 0 Å². The third-order valence-corrected chi connectivity index (χ3v) is 2.11. The highest BCUT2D eigenvalue weighted by atomic mass is 16.5. The molecule has 0 atom stereocenters. The van der Waals surface area contributed by atoms with E-state index in [0.29, 0.717) is 13.1 Å². The van der Waals surface area contributed by atoms with Crippen molar-refractivity contribution in [3.63, 3.8) is 0 Å². The van der Waals surface area contributed by atoms with Crippen LogP contribution in [0.25, 0.3) is 0 Å². The first-order chi connectivity index (χ1) is 8.25. The highest BCUT2D eigenvalue weighted by Gasteiger charge is 2.11. The largest absolute Gasteiger partial charge is 0.475 e. The lowest BCUT2D eigenvalue weighted by molar-refractivity contribution is 0.0680. The molecule has 0 aliphatic carbocycles. The number of aromatic carboxylic acids is 1. The SMILES string of the molecule is O=C(O)c1noc(CNCc2ccccc2)n1. The molecule has 1 aromatic carbocycles. The van der Waals surface area contributed by atoms with Gasteiger partial charge in [0.1, 0.15) is 0 Å². The quantitative estimate of drug-likeness (QED) is 0.802. The monoisotopic (exact) mass is 233 g/mol. The van der Waals surface area contributed by atoms with Gasteiger partial charge < -0.3 is 14.9 Å². The van der Waals surface area contributed by atoms with Gasteiger partial charge in [-0.15, -0.1) is 0 Å². The third-order valence-electron chi connectivity index (χ3n) is 2.11. The number of rotatable bonds is 5. The Labute approximate surface area is 97.3 Å². The van der Waals surface area contributed by atoms with Crippen LogP contribution in [0.15, 0.2) is 34.9 Å². The van der Waals surface area contributed by atoms with Crippen LogP contribution < -0.4 is 5.32 Å². The molecule has 0 radical (unpaired) electrons. The number of benzene rings is 1. The fourth-order valence-corrected chi connectivity index (χ4v) is 1.32. The molecule has 2 N–H and O–H groups in total. The number of nitrogens with one attached hydrogen (secondary N) is 1. The highest BCUT2D eigenvalue weighted by Crippen LogP contribution is 2.00. The molecule has 2 aromatic rings. The van der Waals surface area contributed by atoms with Gasteiger partial charge in [-0.1, -0.05) is 30.3 Å². The lowest BCUT2D eigenvalue weighted by Gasteiger charge is -2.00. The van der Waals surface area contributed by atoms with E-state index < -0.39 is 5.97 Å². The number of aromatic nitrogens is 2. The number of carboxylic acids is 1. The van der Waals surface area contributed by atoms with Gasteiger partial charge in [0.25, 0.3) is 5.82 Å². The molecule has 0 bridgehead atoms. The van der Waals surface area contributed by atoms with Crippen molar-refractivity contribution in [2.75, 3.05) is 0 Å². The van der Waals surface area contributed by atoms with E-state index in [0.717, 1.165) is 5.56 Å². The van der Waals surface area contributed by atoms with E-state index in [1.54, 1.807) is 0 Å². The molecule has 0 aliphatic heterocycles. The zero-order valence-electron chi connectivity index (χ0n) is 8.96. The molecule has 6 heteroatoms. The van der Waals surface area contributed by atoms with Gasteiger partial charge >= 0.3 is 5.97 Å². The Hall–Kier alpha value is -2.21. The van der Waals surface area contributed by atoms with Crippen LogP contribution in [0, 0.1) is 0 Å². The van der Waals surface area contributed by atoms with Crippen LogP contribution in [-0.4, -0.2) is 21.2 Å². The minimum absolute atomic E-state index is 0.262. The second kappa shape index (κ2) is 5.22. The molecular formula is C11H11N3O3. The Morgan fingerprint density at radius 3 is 2.71 bits per heavy atom. The molecule has 0 amide bonds. The van der Waals surface area contributed by atoms with E-state index in [9.17, 15) is 4.79 Å². The molecule has 0 spiro atoms. The Morgan fingerprint density at radius 2 is 2.06 bits per heavy atom. The number of carboxylic acid groups (broad SMARTS) is 1. The summed E-state index contributed by atoms with van der Waals surface area (Å²) < 4.78 is 4.76.